The van der Waals surface area contributed by atoms with Crippen molar-refractivity contribution in [3.05, 3.63) is 22.5 Å². The predicted molar refractivity (Wildman–Crippen MR) is 76.2 cm³/mol. The molecule has 0 aromatic carbocycles. The molecule has 3 rings (SSSR count). The van der Waals surface area contributed by atoms with Crippen molar-refractivity contribution in [2.75, 3.05) is 13.6 Å². The van der Waals surface area contributed by atoms with Crippen molar-refractivity contribution >= 4 is 43.4 Å². The van der Waals surface area contributed by atoms with E-state index in [1.165, 1.54) is 14.3 Å². The molecule has 0 aliphatic rings. The van der Waals surface area contributed by atoms with E-state index >= 15 is 0 Å². The first-order chi connectivity index (χ1) is 8.36. The minimum Gasteiger partial charge on any atom is -0.319 e. The van der Waals surface area contributed by atoms with Gasteiger partial charge in [0.25, 0.3) is 0 Å². The molecule has 0 amide bonds. The van der Waals surface area contributed by atoms with Crippen LogP contribution in [0.15, 0.2) is 17.5 Å². The van der Waals surface area contributed by atoms with E-state index in [-0.39, 0.29) is 0 Å². The molecule has 0 saturated heterocycles. The number of aromatic nitrogens is 2. The van der Waals surface area contributed by atoms with Crippen LogP contribution in [0.1, 0.15) is 5.01 Å². The maximum atomic E-state index is 4.27. The number of rotatable bonds is 4. The van der Waals surface area contributed by atoms with Crippen LogP contribution >= 0.6 is 34.0 Å². The fourth-order valence-electron chi connectivity index (χ4n) is 1.56. The first-order valence-corrected chi connectivity index (χ1v) is 7.82. The summed E-state index contributed by atoms with van der Waals surface area (Å²) in [5.41, 5.74) is 0. The minimum absolute atomic E-state index is 0.952. The molecule has 0 aliphatic carbocycles. The van der Waals surface area contributed by atoms with Crippen molar-refractivity contribution < 1.29 is 0 Å². The van der Waals surface area contributed by atoms with Gasteiger partial charge in [0.05, 0.1) is 4.88 Å². The summed E-state index contributed by atoms with van der Waals surface area (Å²) in [5.74, 6) is 0. The summed E-state index contributed by atoms with van der Waals surface area (Å²) in [6, 6.07) is 4.38. The van der Waals surface area contributed by atoms with Crippen molar-refractivity contribution in [2.45, 2.75) is 6.42 Å². The largest absolute Gasteiger partial charge is 0.319 e. The molecule has 0 fully saturated rings. The molecule has 3 aromatic rings. The summed E-state index contributed by atoms with van der Waals surface area (Å²) >= 11 is 5.27. The molecule has 0 atom stereocenters. The third-order valence-electron chi connectivity index (χ3n) is 2.41. The average molecular weight is 281 g/mol. The lowest BCUT2D eigenvalue weighted by Gasteiger charge is -1.91. The zero-order valence-corrected chi connectivity index (χ0v) is 11.7. The maximum Gasteiger partial charge on any atom is 0.157 e. The highest BCUT2D eigenvalue weighted by atomic mass is 32.1. The van der Waals surface area contributed by atoms with E-state index in [4.69, 9.17) is 0 Å². The van der Waals surface area contributed by atoms with Crippen LogP contribution in [0.3, 0.4) is 0 Å². The van der Waals surface area contributed by atoms with Crippen LogP contribution < -0.4 is 5.32 Å². The van der Waals surface area contributed by atoms with Crippen LogP contribution in [-0.4, -0.2) is 23.8 Å². The molecule has 0 bridgehead atoms. The Kier molecular flexibility index (Phi) is 3.19. The van der Waals surface area contributed by atoms with Gasteiger partial charge in [-0.1, -0.05) is 11.3 Å². The molecule has 0 saturated carbocycles. The normalized spacial score (nSPS) is 11.4. The third kappa shape index (κ3) is 2.26. The van der Waals surface area contributed by atoms with Crippen LogP contribution in [0.2, 0.25) is 0 Å². The molecule has 0 aliphatic heterocycles. The van der Waals surface area contributed by atoms with Gasteiger partial charge < -0.3 is 5.32 Å². The van der Waals surface area contributed by atoms with Crippen LogP contribution in [0.4, 0.5) is 0 Å². The number of likely N-dealkylation sites (N-methyl/N-ethyl adjacent to an activating group) is 1. The summed E-state index contributed by atoms with van der Waals surface area (Å²) in [6.45, 7) is 0.953. The van der Waals surface area contributed by atoms with Crippen molar-refractivity contribution in [1.82, 2.24) is 15.5 Å². The Morgan fingerprint density at radius 1 is 1.24 bits per heavy atom. The predicted octanol–water partition coefficient (Wildman–Crippen LogP) is 3.24. The Balaban J connectivity index is 1.88. The number of nitrogens with one attached hydrogen (secondary N) is 1. The molecule has 0 unspecified atom stereocenters. The molecule has 88 valence electrons. The third-order valence-corrected chi connectivity index (χ3v) is 5.65. The van der Waals surface area contributed by atoms with Gasteiger partial charge in [0.2, 0.25) is 0 Å². The second-order valence-electron chi connectivity index (χ2n) is 3.61. The number of thiophene rings is 2. The summed E-state index contributed by atoms with van der Waals surface area (Å²) in [5, 5.41) is 15.9. The van der Waals surface area contributed by atoms with Crippen LogP contribution in [0.25, 0.3) is 19.3 Å². The molecule has 6 heteroatoms. The van der Waals surface area contributed by atoms with Crippen molar-refractivity contribution in [3.63, 3.8) is 0 Å². The van der Waals surface area contributed by atoms with Gasteiger partial charge in [-0.3, -0.25) is 0 Å². The van der Waals surface area contributed by atoms with Gasteiger partial charge in [0.15, 0.2) is 5.01 Å². The van der Waals surface area contributed by atoms with E-state index in [9.17, 15) is 0 Å². The van der Waals surface area contributed by atoms with Crippen molar-refractivity contribution in [2.24, 2.45) is 0 Å². The molecular formula is C11H11N3S3. The van der Waals surface area contributed by atoms with Crippen molar-refractivity contribution in [3.8, 4) is 9.88 Å². The van der Waals surface area contributed by atoms with Crippen LogP contribution in [0.5, 0.6) is 0 Å². The summed E-state index contributed by atoms with van der Waals surface area (Å²) in [7, 11) is 1.95. The fraction of sp³-hybridized carbons (Fsp3) is 0.273. The molecule has 3 nitrogen and oxygen atoms in total. The quantitative estimate of drug-likeness (QED) is 0.798. The Morgan fingerprint density at radius 3 is 3.00 bits per heavy atom. The molecule has 1 N–H and O–H groups in total. The molecule has 3 aromatic heterocycles. The number of fused-ring (bicyclic) bond motifs is 1. The lowest BCUT2D eigenvalue weighted by Crippen LogP contribution is -2.09. The second kappa shape index (κ2) is 4.81. The standard InChI is InChI=1S/C11H11N3S3/c1-12-4-2-10-13-14-11(17-10)9-6-8-7(16-9)3-5-15-8/h3,5-6,12H,2,4H2,1H3. The zero-order valence-electron chi connectivity index (χ0n) is 9.27. The summed E-state index contributed by atoms with van der Waals surface area (Å²) in [6.07, 6.45) is 0.952. The topological polar surface area (TPSA) is 37.8 Å². The lowest BCUT2D eigenvalue weighted by molar-refractivity contribution is 0.779. The Hall–Kier alpha value is -0.820. The van der Waals surface area contributed by atoms with Gasteiger partial charge in [-0.05, 0) is 24.6 Å². The van der Waals surface area contributed by atoms with E-state index in [1.807, 2.05) is 7.05 Å². The molecule has 3 heterocycles. The molecule has 17 heavy (non-hydrogen) atoms. The van der Waals surface area contributed by atoms with Crippen LogP contribution in [0, 0.1) is 0 Å². The fourth-order valence-corrected chi connectivity index (χ4v) is 4.55. The summed E-state index contributed by atoms with van der Waals surface area (Å²) in [4.78, 5) is 1.24. The number of hydrogen-bond donors (Lipinski definition) is 1. The molecule has 0 radical (unpaired) electrons. The lowest BCUT2D eigenvalue weighted by atomic mass is 10.4. The molecular weight excluding hydrogens is 270 g/mol. The SMILES string of the molecule is CNCCc1nnc(-c2cc3sccc3s2)s1. The van der Waals surface area contributed by atoms with Crippen molar-refractivity contribution in [1.29, 1.82) is 0 Å². The Morgan fingerprint density at radius 2 is 2.18 bits per heavy atom. The maximum absolute atomic E-state index is 4.27. The monoisotopic (exact) mass is 281 g/mol. The first-order valence-electron chi connectivity index (χ1n) is 5.31. The number of hydrogen-bond acceptors (Lipinski definition) is 6. The van der Waals surface area contributed by atoms with E-state index < -0.39 is 0 Å². The van der Waals surface area contributed by atoms with Gasteiger partial charge in [-0.25, -0.2) is 0 Å². The van der Waals surface area contributed by atoms with E-state index in [1.54, 1.807) is 34.0 Å². The van der Waals surface area contributed by atoms with Gasteiger partial charge in [-0.15, -0.1) is 32.9 Å². The second-order valence-corrected chi connectivity index (χ2v) is 6.71. The smallest absolute Gasteiger partial charge is 0.157 e. The average Bonchev–Trinajstić information content (AvgIpc) is 3.00. The minimum atomic E-state index is 0.952. The Labute approximate surface area is 111 Å². The zero-order chi connectivity index (χ0) is 11.7. The van der Waals surface area contributed by atoms with Gasteiger partial charge in [0, 0.05) is 22.4 Å². The van der Waals surface area contributed by atoms with E-state index in [0.29, 0.717) is 0 Å². The van der Waals surface area contributed by atoms with Crippen LogP contribution in [-0.2, 0) is 6.42 Å². The first kappa shape index (κ1) is 11.3. The highest BCUT2D eigenvalue weighted by molar-refractivity contribution is 7.30. The summed E-state index contributed by atoms with van der Waals surface area (Å²) < 4.78 is 2.69. The van der Waals surface area contributed by atoms with E-state index in [0.717, 1.165) is 23.0 Å². The highest BCUT2D eigenvalue weighted by Crippen LogP contribution is 2.37. The Bertz CT molecular complexity index is 594. The van der Waals surface area contributed by atoms with Gasteiger partial charge >= 0.3 is 0 Å². The van der Waals surface area contributed by atoms with Gasteiger partial charge in [0.1, 0.15) is 5.01 Å². The van der Waals surface area contributed by atoms with E-state index in [2.05, 4.69) is 33.0 Å². The highest BCUT2D eigenvalue weighted by Gasteiger charge is 2.10. The number of nitrogens with zero attached hydrogens (tertiary/aromatic N) is 2. The van der Waals surface area contributed by atoms with Gasteiger partial charge in [-0.2, -0.15) is 0 Å². The molecule has 0 spiro atoms.